The standard InChI is InChI=1S/C20H25N3O3S/c24-20(19-9-5-2-6-10-19)21-11-16-27(25,26)23-14-12-22(13-15-23)17-18-7-3-1-4-8-18/h1-10H,11-17H2,(H,21,24)/p+1. The number of hydrogen-bond acceptors (Lipinski definition) is 3. The maximum absolute atomic E-state index is 12.5. The Hall–Kier alpha value is -2.22. The van der Waals surface area contributed by atoms with Crippen LogP contribution >= 0.6 is 0 Å². The highest BCUT2D eigenvalue weighted by molar-refractivity contribution is 7.89. The molecular weight excluding hydrogens is 362 g/mol. The lowest BCUT2D eigenvalue weighted by molar-refractivity contribution is -0.917. The van der Waals surface area contributed by atoms with Crippen molar-refractivity contribution in [3.8, 4) is 0 Å². The Morgan fingerprint density at radius 1 is 0.963 bits per heavy atom. The molecule has 3 rings (SSSR count). The molecule has 1 heterocycles. The van der Waals surface area contributed by atoms with E-state index in [1.54, 1.807) is 28.6 Å². The monoisotopic (exact) mass is 388 g/mol. The lowest BCUT2D eigenvalue weighted by Crippen LogP contribution is -3.13. The first-order valence-corrected chi connectivity index (χ1v) is 10.8. The van der Waals surface area contributed by atoms with E-state index < -0.39 is 10.0 Å². The summed E-state index contributed by atoms with van der Waals surface area (Å²) in [7, 11) is -3.35. The number of nitrogens with one attached hydrogen (secondary N) is 2. The van der Waals surface area contributed by atoms with Gasteiger partial charge in [-0.2, -0.15) is 4.31 Å². The zero-order chi connectivity index (χ0) is 19.1. The van der Waals surface area contributed by atoms with Crippen LogP contribution in [0.3, 0.4) is 0 Å². The van der Waals surface area contributed by atoms with E-state index in [0.29, 0.717) is 18.7 Å². The van der Waals surface area contributed by atoms with Crippen molar-refractivity contribution >= 4 is 15.9 Å². The molecule has 1 saturated heterocycles. The largest absolute Gasteiger partial charge is 0.351 e. The summed E-state index contributed by atoms with van der Waals surface area (Å²) in [5.74, 6) is -0.317. The molecule has 0 saturated carbocycles. The van der Waals surface area contributed by atoms with Crippen LogP contribution in [0.5, 0.6) is 0 Å². The summed E-state index contributed by atoms with van der Waals surface area (Å²) in [5.41, 5.74) is 1.81. The normalized spacial score (nSPS) is 16.1. The van der Waals surface area contributed by atoms with Crippen LogP contribution in [-0.2, 0) is 16.6 Å². The number of carbonyl (C=O) groups excluding carboxylic acids is 1. The van der Waals surface area contributed by atoms with E-state index in [0.717, 1.165) is 19.6 Å². The number of amides is 1. The summed E-state index contributed by atoms with van der Waals surface area (Å²) < 4.78 is 26.6. The number of sulfonamides is 1. The van der Waals surface area contributed by atoms with Crippen LogP contribution in [-0.4, -0.2) is 57.1 Å². The number of benzene rings is 2. The highest BCUT2D eigenvalue weighted by Gasteiger charge is 2.28. The lowest BCUT2D eigenvalue weighted by atomic mass is 10.2. The third kappa shape index (κ3) is 5.63. The van der Waals surface area contributed by atoms with Crippen LogP contribution in [0.4, 0.5) is 0 Å². The average Bonchev–Trinajstić information content (AvgIpc) is 2.70. The van der Waals surface area contributed by atoms with E-state index in [4.69, 9.17) is 0 Å². The van der Waals surface area contributed by atoms with Gasteiger partial charge in [-0.15, -0.1) is 0 Å². The summed E-state index contributed by atoms with van der Waals surface area (Å²) in [4.78, 5) is 13.4. The first-order chi connectivity index (χ1) is 13.0. The second kappa shape index (κ2) is 9.12. The molecule has 2 N–H and O–H groups in total. The van der Waals surface area contributed by atoms with Crippen molar-refractivity contribution in [3.63, 3.8) is 0 Å². The summed E-state index contributed by atoms with van der Waals surface area (Å²) in [6.45, 7) is 3.68. The van der Waals surface area contributed by atoms with Crippen molar-refractivity contribution in [1.82, 2.24) is 9.62 Å². The zero-order valence-corrected chi connectivity index (χ0v) is 16.1. The lowest BCUT2D eigenvalue weighted by Gasteiger charge is -2.31. The summed E-state index contributed by atoms with van der Waals surface area (Å²) >= 11 is 0. The highest BCUT2D eigenvalue weighted by Crippen LogP contribution is 2.03. The van der Waals surface area contributed by atoms with Crippen LogP contribution in [0.1, 0.15) is 15.9 Å². The number of hydrogen-bond donors (Lipinski definition) is 2. The topological polar surface area (TPSA) is 70.9 Å². The molecule has 0 radical (unpaired) electrons. The Bertz CT molecular complexity index is 833. The minimum absolute atomic E-state index is 0.0698. The van der Waals surface area contributed by atoms with Gasteiger partial charge in [-0.1, -0.05) is 48.5 Å². The van der Waals surface area contributed by atoms with Crippen molar-refractivity contribution in [2.24, 2.45) is 0 Å². The van der Waals surface area contributed by atoms with E-state index in [1.807, 2.05) is 24.3 Å². The maximum atomic E-state index is 12.5. The van der Waals surface area contributed by atoms with Crippen LogP contribution in [0.25, 0.3) is 0 Å². The first-order valence-electron chi connectivity index (χ1n) is 9.23. The molecule has 27 heavy (non-hydrogen) atoms. The Kier molecular flexibility index (Phi) is 6.60. The SMILES string of the molecule is O=C(NCCS(=O)(=O)N1CC[NH+](Cc2ccccc2)CC1)c1ccccc1. The third-order valence-electron chi connectivity index (χ3n) is 4.80. The first kappa shape index (κ1) is 19.5. The maximum Gasteiger partial charge on any atom is 0.251 e. The van der Waals surface area contributed by atoms with Gasteiger partial charge in [0.25, 0.3) is 5.91 Å². The van der Waals surface area contributed by atoms with Crippen molar-refractivity contribution in [1.29, 1.82) is 0 Å². The van der Waals surface area contributed by atoms with Gasteiger partial charge < -0.3 is 10.2 Å². The van der Waals surface area contributed by atoms with Gasteiger partial charge in [-0.25, -0.2) is 8.42 Å². The second-order valence-corrected chi connectivity index (χ2v) is 8.84. The predicted octanol–water partition coefficient (Wildman–Crippen LogP) is 0.147. The van der Waals surface area contributed by atoms with E-state index in [9.17, 15) is 13.2 Å². The van der Waals surface area contributed by atoms with Crippen molar-refractivity contribution in [2.45, 2.75) is 6.54 Å². The van der Waals surface area contributed by atoms with Gasteiger partial charge in [0.1, 0.15) is 6.54 Å². The van der Waals surface area contributed by atoms with Crippen molar-refractivity contribution < 1.29 is 18.1 Å². The van der Waals surface area contributed by atoms with Gasteiger partial charge in [0.15, 0.2) is 0 Å². The molecule has 2 aromatic rings. The fraction of sp³-hybridized carbons (Fsp3) is 0.350. The van der Waals surface area contributed by atoms with E-state index in [2.05, 4.69) is 17.4 Å². The molecule has 0 aliphatic carbocycles. The predicted molar refractivity (Wildman–Crippen MR) is 105 cm³/mol. The molecule has 0 spiro atoms. The zero-order valence-electron chi connectivity index (χ0n) is 15.3. The Morgan fingerprint density at radius 2 is 1.56 bits per heavy atom. The van der Waals surface area contributed by atoms with Gasteiger partial charge in [0, 0.05) is 17.7 Å². The highest BCUT2D eigenvalue weighted by atomic mass is 32.2. The second-order valence-electron chi connectivity index (χ2n) is 6.75. The molecule has 0 atom stereocenters. The molecule has 7 heteroatoms. The molecule has 2 aromatic carbocycles. The van der Waals surface area contributed by atoms with Gasteiger partial charge in [0.05, 0.1) is 31.9 Å². The molecule has 1 aliphatic heterocycles. The fourth-order valence-electron chi connectivity index (χ4n) is 3.26. The summed E-state index contributed by atoms with van der Waals surface area (Å²) in [5, 5.41) is 2.69. The van der Waals surface area contributed by atoms with Gasteiger partial charge in [-0.3, -0.25) is 4.79 Å². The molecule has 0 aromatic heterocycles. The van der Waals surface area contributed by atoms with Crippen LogP contribution in [0.15, 0.2) is 60.7 Å². The number of rotatable bonds is 7. The Morgan fingerprint density at radius 3 is 2.19 bits per heavy atom. The average molecular weight is 389 g/mol. The minimum atomic E-state index is -3.35. The van der Waals surface area contributed by atoms with Gasteiger partial charge in [-0.05, 0) is 12.1 Å². The van der Waals surface area contributed by atoms with E-state index in [-0.39, 0.29) is 18.2 Å². The number of carbonyl (C=O) groups is 1. The molecule has 1 amide bonds. The molecule has 6 nitrogen and oxygen atoms in total. The minimum Gasteiger partial charge on any atom is -0.351 e. The van der Waals surface area contributed by atoms with Gasteiger partial charge >= 0.3 is 0 Å². The Labute approximate surface area is 160 Å². The fourth-order valence-corrected chi connectivity index (χ4v) is 4.61. The number of piperazine rings is 1. The van der Waals surface area contributed by atoms with Crippen molar-refractivity contribution in [3.05, 3.63) is 71.8 Å². The summed E-state index contributed by atoms with van der Waals surface area (Å²) in [6, 6.07) is 19.1. The van der Waals surface area contributed by atoms with Crippen LogP contribution < -0.4 is 10.2 Å². The Balaban J connectivity index is 1.43. The van der Waals surface area contributed by atoms with Crippen LogP contribution in [0.2, 0.25) is 0 Å². The molecule has 144 valence electrons. The number of nitrogens with zero attached hydrogens (tertiary/aromatic N) is 1. The summed E-state index contributed by atoms with van der Waals surface area (Å²) in [6.07, 6.45) is 0. The molecule has 1 aliphatic rings. The van der Waals surface area contributed by atoms with Crippen molar-refractivity contribution in [2.75, 3.05) is 38.5 Å². The molecule has 0 bridgehead atoms. The van der Waals surface area contributed by atoms with Crippen LogP contribution in [0, 0.1) is 0 Å². The van der Waals surface area contributed by atoms with E-state index >= 15 is 0 Å². The molecular formula is C20H26N3O3S+. The van der Waals surface area contributed by atoms with Gasteiger partial charge in [0.2, 0.25) is 10.0 Å². The third-order valence-corrected chi connectivity index (χ3v) is 6.67. The molecule has 1 fully saturated rings. The van der Waals surface area contributed by atoms with E-state index in [1.165, 1.54) is 10.5 Å². The quantitative estimate of drug-likeness (QED) is 0.709. The number of quaternary nitrogens is 1. The molecule has 0 unspecified atom stereocenters. The smallest absolute Gasteiger partial charge is 0.251 e.